The normalized spacial score (nSPS) is 12.3. The van der Waals surface area contributed by atoms with Crippen LogP contribution >= 0.6 is 0 Å². The maximum atomic E-state index is 3.61. The van der Waals surface area contributed by atoms with Crippen molar-refractivity contribution in [2.75, 3.05) is 0 Å². The molecule has 0 rings (SSSR count). The van der Waals surface area contributed by atoms with Gasteiger partial charge in [0, 0.05) is 8.07 Å². The number of hydrogen-bond acceptors (Lipinski definition) is 0. The van der Waals surface area contributed by atoms with E-state index in [1.807, 2.05) is 12.2 Å². The van der Waals surface area contributed by atoms with Crippen LogP contribution in [-0.4, -0.2) is 8.07 Å². The summed E-state index contributed by atoms with van der Waals surface area (Å²) in [5, 5.41) is 0. The SMILES string of the molecule is C=C/C=C/C[Si](C)(C)C. The lowest BCUT2D eigenvalue weighted by atomic mass is 10.5. The largest absolute Gasteiger partial charge is 0.0991 e. The Bertz CT molecular complexity index is 106. The average molecular weight is 140 g/mol. The molecule has 0 radical (unpaired) electrons. The van der Waals surface area contributed by atoms with E-state index in [4.69, 9.17) is 0 Å². The van der Waals surface area contributed by atoms with Gasteiger partial charge in [0.1, 0.15) is 0 Å². The molecule has 9 heavy (non-hydrogen) atoms. The molecular weight excluding hydrogens is 124 g/mol. The highest BCUT2D eigenvalue weighted by atomic mass is 28.3. The van der Waals surface area contributed by atoms with Crippen LogP contribution in [0.1, 0.15) is 0 Å². The highest BCUT2D eigenvalue weighted by Gasteiger charge is 2.08. The zero-order valence-electron chi connectivity index (χ0n) is 6.65. The van der Waals surface area contributed by atoms with E-state index >= 15 is 0 Å². The summed E-state index contributed by atoms with van der Waals surface area (Å²) in [5.74, 6) is 0. The van der Waals surface area contributed by atoms with Crippen LogP contribution in [0.5, 0.6) is 0 Å². The van der Waals surface area contributed by atoms with Gasteiger partial charge in [-0.1, -0.05) is 44.4 Å². The maximum Gasteiger partial charge on any atom is 0.0480 e. The molecule has 0 aliphatic rings. The summed E-state index contributed by atoms with van der Waals surface area (Å²) in [5.41, 5.74) is 0. The zero-order chi connectivity index (χ0) is 7.33. The van der Waals surface area contributed by atoms with Crippen molar-refractivity contribution < 1.29 is 0 Å². The van der Waals surface area contributed by atoms with Crippen molar-refractivity contribution in [1.82, 2.24) is 0 Å². The first-order valence-electron chi connectivity index (χ1n) is 3.34. The molecular formula is C8H16Si. The Morgan fingerprint density at radius 3 is 2.22 bits per heavy atom. The fourth-order valence-electron chi connectivity index (χ4n) is 0.518. The van der Waals surface area contributed by atoms with Gasteiger partial charge in [0.25, 0.3) is 0 Å². The quantitative estimate of drug-likeness (QED) is 0.417. The Hall–Kier alpha value is -0.303. The first-order valence-corrected chi connectivity index (χ1v) is 7.04. The minimum atomic E-state index is -0.829. The van der Waals surface area contributed by atoms with Crippen LogP contribution in [-0.2, 0) is 0 Å². The molecule has 0 spiro atoms. The van der Waals surface area contributed by atoms with Crippen LogP contribution in [0.25, 0.3) is 0 Å². The van der Waals surface area contributed by atoms with Crippen LogP contribution in [0.4, 0.5) is 0 Å². The molecule has 0 aromatic carbocycles. The van der Waals surface area contributed by atoms with Crippen molar-refractivity contribution in [3.8, 4) is 0 Å². The maximum absolute atomic E-state index is 3.61. The van der Waals surface area contributed by atoms with Gasteiger partial charge in [-0.3, -0.25) is 0 Å². The smallest absolute Gasteiger partial charge is 0.0480 e. The van der Waals surface area contributed by atoms with Gasteiger partial charge in [0.15, 0.2) is 0 Å². The molecule has 0 saturated heterocycles. The number of allylic oxidation sites excluding steroid dienone is 3. The van der Waals surface area contributed by atoms with Gasteiger partial charge in [0.2, 0.25) is 0 Å². The molecule has 0 N–H and O–H groups in total. The molecule has 0 aliphatic carbocycles. The minimum Gasteiger partial charge on any atom is -0.0991 e. The van der Waals surface area contributed by atoms with Gasteiger partial charge < -0.3 is 0 Å². The Morgan fingerprint density at radius 1 is 1.33 bits per heavy atom. The van der Waals surface area contributed by atoms with E-state index < -0.39 is 8.07 Å². The predicted molar refractivity (Wildman–Crippen MR) is 47.5 cm³/mol. The predicted octanol–water partition coefficient (Wildman–Crippen LogP) is 3.07. The monoisotopic (exact) mass is 140 g/mol. The molecule has 0 fully saturated rings. The van der Waals surface area contributed by atoms with Crippen LogP contribution in [0.15, 0.2) is 24.8 Å². The minimum absolute atomic E-state index is 0.829. The van der Waals surface area contributed by atoms with E-state index in [9.17, 15) is 0 Å². The fourth-order valence-corrected chi connectivity index (χ4v) is 1.36. The summed E-state index contributed by atoms with van der Waals surface area (Å²) in [6.45, 7) is 10.7. The fraction of sp³-hybridized carbons (Fsp3) is 0.500. The first-order chi connectivity index (χ1) is 4.06. The molecule has 0 heterocycles. The van der Waals surface area contributed by atoms with E-state index in [0.717, 1.165) is 0 Å². The summed E-state index contributed by atoms with van der Waals surface area (Å²) in [4.78, 5) is 0. The highest BCUT2D eigenvalue weighted by Crippen LogP contribution is 2.07. The van der Waals surface area contributed by atoms with E-state index in [-0.39, 0.29) is 0 Å². The lowest BCUT2D eigenvalue weighted by Crippen LogP contribution is -2.17. The third kappa shape index (κ3) is 7.70. The Labute approximate surface area is 59.3 Å². The highest BCUT2D eigenvalue weighted by molar-refractivity contribution is 6.76. The molecule has 0 unspecified atom stereocenters. The van der Waals surface area contributed by atoms with Gasteiger partial charge in [-0.15, -0.1) is 0 Å². The number of rotatable bonds is 3. The third-order valence-electron chi connectivity index (χ3n) is 1.00. The van der Waals surface area contributed by atoms with Crippen LogP contribution in [0, 0.1) is 0 Å². The molecule has 0 nitrogen and oxygen atoms in total. The molecule has 52 valence electrons. The molecule has 0 aromatic heterocycles. The van der Waals surface area contributed by atoms with Crippen LogP contribution < -0.4 is 0 Å². The molecule has 0 saturated carbocycles. The standard InChI is InChI=1S/C8H16Si/c1-5-6-7-8-9(2,3)4/h5-7H,1,8H2,2-4H3/b7-6+. The Morgan fingerprint density at radius 2 is 1.89 bits per heavy atom. The first kappa shape index (κ1) is 8.70. The van der Waals surface area contributed by atoms with Crippen molar-refractivity contribution in [1.29, 1.82) is 0 Å². The van der Waals surface area contributed by atoms with E-state index in [1.165, 1.54) is 6.04 Å². The van der Waals surface area contributed by atoms with Crippen molar-refractivity contribution >= 4 is 8.07 Å². The Balaban J connectivity index is 3.50. The molecule has 0 amide bonds. The van der Waals surface area contributed by atoms with Gasteiger partial charge in [-0.05, 0) is 6.04 Å². The van der Waals surface area contributed by atoms with Crippen molar-refractivity contribution in [2.45, 2.75) is 25.7 Å². The van der Waals surface area contributed by atoms with E-state index in [1.54, 1.807) is 0 Å². The molecule has 0 aromatic rings. The summed E-state index contributed by atoms with van der Waals surface area (Å²) >= 11 is 0. The van der Waals surface area contributed by atoms with Crippen molar-refractivity contribution in [2.24, 2.45) is 0 Å². The zero-order valence-corrected chi connectivity index (χ0v) is 7.65. The Kier molecular flexibility index (Phi) is 3.55. The number of hydrogen-bond donors (Lipinski definition) is 0. The second-order valence-corrected chi connectivity index (χ2v) is 8.96. The van der Waals surface area contributed by atoms with Gasteiger partial charge >= 0.3 is 0 Å². The summed E-state index contributed by atoms with van der Waals surface area (Å²) in [6, 6.07) is 1.26. The lowest BCUT2D eigenvalue weighted by molar-refractivity contribution is 1.51. The van der Waals surface area contributed by atoms with Crippen LogP contribution in [0.3, 0.4) is 0 Å². The molecule has 0 aliphatic heterocycles. The van der Waals surface area contributed by atoms with Crippen LogP contribution in [0.2, 0.25) is 25.7 Å². The molecule has 0 bridgehead atoms. The molecule has 0 atom stereocenters. The topological polar surface area (TPSA) is 0 Å². The third-order valence-corrected chi connectivity index (χ3v) is 2.46. The van der Waals surface area contributed by atoms with Crippen molar-refractivity contribution in [3.63, 3.8) is 0 Å². The van der Waals surface area contributed by atoms with E-state index in [0.29, 0.717) is 0 Å². The van der Waals surface area contributed by atoms with Gasteiger partial charge in [0.05, 0.1) is 0 Å². The lowest BCUT2D eigenvalue weighted by Gasteiger charge is -2.10. The second-order valence-electron chi connectivity index (χ2n) is 3.43. The summed E-state index contributed by atoms with van der Waals surface area (Å²) < 4.78 is 0. The second kappa shape index (κ2) is 3.67. The molecule has 1 heteroatoms. The summed E-state index contributed by atoms with van der Waals surface area (Å²) in [7, 11) is -0.829. The van der Waals surface area contributed by atoms with Gasteiger partial charge in [-0.2, -0.15) is 0 Å². The average Bonchev–Trinajstić information content (AvgIpc) is 1.63. The van der Waals surface area contributed by atoms with Crippen molar-refractivity contribution in [3.05, 3.63) is 24.8 Å². The van der Waals surface area contributed by atoms with Gasteiger partial charge in [-0.25, -0.2) is 0 Å². The van der Waals surface area contributed by atoms with E-state index in [2.05, 4.69) is 32.3 Å². The summed E-state index contributed by atoms with van der Waals surface area (Å²) in [6.07, 6.45) is 6.07.